The van der Waals surface area contributed by atoms with Crippen molar-refractivity contribution < 1.29 is 22.7 Å². The number of aliphatic hydroxyl groups is 1. The van der Waals surface area contributed by atoms with E-state index in [-0.39, 0.29) is 5.56 Å². The van der Waals surface area contributed by atoms with Gasteiger partial charge >= 0.3 is 6.18 Å². The number of alkyl halides is 3. The zero-order valence-corrected chi connectivity index (χ0v) is 12.1. The summed E-state index contributed by atoms with van der Waals surface area (Å²) in [6, 6.07) is 2.81. The molecule has 6 heteroatoms. The van der Waals surface area contributed by atoms with E-state index in [2.05, 4.69) is 0 Å². The van der Waals surface area contributed by atoms with Crippen LogP contribution in [-0.4, -0.2) is 15.6 Å². The van der Waals surface area contributed by atoms with Gasteiger partial charge in [0.2, 0.25) is 0 Å². The summed E-state index contributed by atoms with van der Waals surface area (Å²) in [5.41, 5.74) is -2.21. The molecule has 0 radical (unpaired) electrons. The molecule has 2 bridgehead atoms. The van der Waals surface area contributed by atoms with Crippen molar-refractivity contribution in [2.75, 3.05) is 0 Å². The maximum absolute atomic E-state index is 13.7. The molecule has 0 saturated carbocycles. The average molecular weight is 320 g/mol. The lowest BCUT2D eigenvalue weighted by Gasteiger charge is -2.44. The van der Waals surface area contributed by atoms with E-state index in [4.69, 9.17) is 0 Å². The van der Waals surface area contributed by atoms with Crippen LogP contribution in [0.5, 0.6) is 0 Å². The number of hydrogen-bond acceptors (Lipinski definition) is 2. The molecule has 2 unspecified atom stereocenters. The molecule has 21 heavy (non-hydrogen) atoms. The molecule has 3 rings (SSSR count). The van der Waals surface area contributed by atoms with Crippen molar-refractivity contribution in [3.05, 3.63) is 35.1 Å². The standard InChI is InChI=1S/C15H16F4OS/c16-13-6-9(4-5-12(13)15(17,18)19)14(20)7-10-2-1-3-11(8-14)21-10/h4-6,10-11,20H,1-3,7-8H2. The molecule has 0 spiro atoms. The fourth-order valence-electron chi connectivity index (χ4n) is 3.39. The van der Waals surface area contributed by atoms with E-state index in [9.17, 15) is 22.7 Å². The van der Waals surface area contributed by atoms with Gasteiger partial charge in [-0.3, -0.25) is 0 Å². The minimum atomic E-state index is -4.70. The first-order valence-corrected chi connectivity index (χ1v) is 7.97. The second kappa shape index (κ2) is 5.16. The number of benzene rings is 1. The number of thioether (sulfide) groups is 1. The normalized spacial score (nSPS) is 33.0. The van der Waals surface area contributed by atoms with Crippen LogP contribution < -0.4 is 0 Å². The predicted molar refractivity (Wildman–Crippen MR) is 73.6 cm³/mol. The molecule has 1 aromatic carbocycles. The van der Waals surface area contributed by atoms with Crippen LogP contribution in [0.1, 0.15) is 43.2 Å². The molecule has 2 atom stereocenters. The molecule has 0 amide bonds. The summed E-state index contributed by atoms with van der Waals surface area (Å²) in [7, 11) is 0. The van der Waals surface area contributed by atoms with E-state index in [1.165, 1.54) is 6.07 Å². The Morgan fingerprint density at radius 1 is 1.14 bits per heavy atom. The molecular weight excluding hydrogens is 304 g/mol. The fourth-order valence-corrected chi connectivity index (χ4v) is 5.28. The first kappa shape index (κ1) is 15.2. The highest BCUT2D eigenvalue weighted by Crippen LogP contribution is 2.49. The first-order chi connectivity index (χ1) is 9.78. The molecule has 2 aliphatic heterocycles. The molecule has 0 aliphatic carbocycles. The monoisotopic (exact) mass is 320 g/mol. The second-order valence-electron chi connectivity index (χ2n) is 5.94. The summed E-state index contributed by atoms with van der Waals surface area (Å²) in [4.78, 5) is 0. The van der Waals surface area contributed by atoms with Crippen LogP contribution in [0.4, 0.5) is 17.6 Å². The summed E-state index contributed by atoms with van der Waals surface area (Å²) < 4.78 is 51.5. The zero-order valence-electron chi connectivity index (χ0n) is 11.3. The summed E-state index contributed by atoms with van der Waals surface area (Å²) in [5.74, 6) is -1.31. The fraction of sp³-hybridized carbons (Fsp3) is 0.600. The van der Waals surface area contributed by atoms with Gasteiger partial charge < -0.3 is 5.11 Å². The Balaban J connectivity index is 1.91. The van der Waals surface area contributed by atoms with Crippen molar-refractivity contribution in [1.29, 1.82) is 0 Å². The van der Waals surface area contributed by atoms with Gasteiger partial charge in [-0.15, -0.1) is 0 Å². The van der Waals surface area contributed by atoms with Crippen LogP contribution in [0.25, 0.3) is 0 Å². The molecule has 2 heterocycles. The van der Waals surface area contributed by atoms with Gasteiger partial charge in [-0.1, -0.05) is 12.5 Å². The molecule has 0 aromatic heterocycles. The average Bonchev–Trinajstić information content (AvgIpc) is 2.36. The molecule has 2 aliphatic rings. The predicted octanol–water partition coefficient (Wildman–Crippen LogP) is 4.48. The number of fused-ring (bicyclic) bond motifs is 2. The Kier molecular flexibility index (Phi) is 3.72. The highest BCUT2D eigenvalue weighted by Gasteiger charge is 2.43. The molecular formula is C15H16F4OS. The Morgan fingerprint density at radius 2 is 1.76 bits per heavy atom. The van der Waals surface area contributed by atoms with Gasteiger partial charge in [-0.2, -0.15) is 24.9 Å². The third-order valence-electron chi connectivity index (χ3n) is 4.38. The van der Waals surface area contributed by atoms with Crippen molar-refractivity contribution >= 4 is 11.8 Å². The van der Waals surface area contributed by atoms with Crippen molar-refractivity contribution in [1.82, 2.24) is 0 Å². The van der Waals surface area contributed by atoms with E-state index in [1.54, 1.807) is 0 Å². The Labute approximate surface area is 124 Å². The maximum Gasteiger partial charge on any atom is 0.419 e. The third-order valence-corrected chi connectivity index (χ3v) is 5.95. The van der Waals surface area contributed by atoms with Crippen LogP contribution in [0.3, 0.4) is 0 Å². The van der Waals surface area contributed by atoms with Crippen LogP contribution in [0.2, 0.25) is 0 Å². The number of hydrogen-bond donors (Lipinski definition) is 1. The van der Waals surface area contributed by atoms with Gasteiger partial charge in [0.05, 0.1) is 11.2 Å². The van der Waals surface area contributed by atoms with Crippen molar-refractivity contribution in [3.63, 3.8) is 0 Å². The smallest absolute Gasteiger partial charge is 0.385 e. The largest absolute Gasteiger partial charge is 0.419 e. The van der Waals surface area contributed by atoms with Gasteiger partial charge in [0.25, 0.3) is 0 Å². The SMILES string of the molecule is OC1(c2ccc(C(F)(F)F)c(F)c2)CC2CCCC(C1)S2. The molecule has 2 saturated heterocycles. The lowest BCUT2D eigenvalue weighted by Crippen LogP contribution is -2.40. The highest BCUT2D eigenvalue weighted by atomic mass is 32.2. The van der Waals surface area contributed by atoms with Crippen LogP contribution >= 0.6 is 11.8 Å². The minimum Gasteiger partial charge on any atom is -0.385 e. The Hall–Kier alpha value is -0.750. The Morgan fingerprint density at radius 3 is 2.29 bits per heavy atom. The molecule has 116 valence electrons. The molecule has 1 aromatic rings. The third kappa shape index (κ3) is 2.93. The lowest BCUT2D eigenvalue weighted by molar-refractivity contribution is -0.140. The van der Waals surface area contributed by atoms with E-state index < -0.39 is 23.2 Å². The maximum atomic E-state index is 13.7. The van der Waals surface area contributed by atoms with Gasteiger partial charge in [0.15, 0.2) is 0 Å². The number of rotatable bonds is 1. The van der Waals surface area contributed by atoms with Gasteiger partial charge in [-0.25, -0.2) is 4.39 Å². The minimum absolute atomic E-state index is 0.269. The van der Waals surface area contributed by atoms with E-state index in [1.807, 2.05) is 11.8 Å². The molecule has 1 nitrogen and oxygen atoms in total. The van der Waals surface area contributed by atoms with Crippen molar-refractivity contribution in [3.8, 4) is 0 Å². The van der Waals surface area contributed by atoms with E-state index in [0.29, 0.717) is 23.3 Å². The summed E-state index contributed by atoms with van der Waals surface area (Å²) in [6.07, 6.45) is -0.596. The first-order valence-electron chi connectivity index (χ1n) is 7.03. The Bertz CT molecular complexity index is 531. The molecule has 2 fully saturated rings. The van der Waals surface area contributed by atoms with Crippen molar-refractivity contribution in [2.45, 2.75) is 54.4 Å². The van der Waals surface area contributed by atoms with E-state index >= 15 is 0 Å². The lowest BCUT2D eigenvalue weighted by atomic mass is 9.80. The van der Waals surface area contributed by atoms with Gasteiger partial charge in [0.1, 0.15) is 5.82 Å². The summed E-state index contributed by atoms with van der Waals surface area (Å²) in [6.45, 7) is 0. The van der Waals surface area contributed by atoms with E-state index in [0.717, 1.165) is 31.4 Å². The summed E-state index contributed by atoms with van der Waals surface area (Å²) in [5, 5.41) is 11.4. The quantitative estimate of drug-likeness (QED) is 0.770. The summed E-state index contributed by atoms with van der Waals surface area (Å²) >= 11 is 1.85. The van der Waals surface area contributed by atoms with Gasteiger partial charge in [0, 0.05) is 10.5 Å². The van der Waals surface area contributed by atoms with Crippen LogP contribution in [0, 0.1) is 5.82 Å². The topological polar surface area (TPSA) is 20.2 Å². The van der Waals surface area contributed by atoms with Crippen LogP contribution in [0.15, 0.2) is 18.2 Å². The number of halogens is 4. The second-order valence-corrected chi connectivity index (χ2v) is 7.55. The van der Waals surface area contributed by atoms with Crippen LogP contribution in [-0.2, 0) is 11.8 Å². The zero-order chi connectivity index (χ0) is 15.3. The van der Waals surface area contributed by atoms with Gasteiger partial charge in [-0.05, 0) is 43.4 Å². The van der Waals surface area contributed by atoms with Crippen molar-refractivity contribution in [2.24, 2.45) is 0 Å². The molecule has 1 N–H and O–H groups in total. The highest BCUT2D eigenvalue weighted by molar-refractivity contribution is 8.00.